The predicted molar refractivity (Wildman–Crippen MR) is 85.1 cm³/mol. The van der Waals surface area contributed by atoms with E-state index in [1.165, 1.54) is 0 Å². The first-order valence-electron chi connectivity index (χ1n) is 6.61. The molecule has 2 N–H and O–H groups in total. The summed E-state index contributed by atoms with van der Waals surface area (Å²) in [5, 5.41) is 16.1. The molecule has 0 saturated carbocycles. The summed E-state index contributed by atoms with van der Waals surface area (Å²) in [6.45, 7) is 6.54. The van der Waals surface area contributed by atoms with E-state index in [1.54, 1.807) is 18.2 Å². The molecule has 1 heterocycles. The minimum atomic E-state index is 0.514. The Morgan fingerprint density at radius 2 is 1.95 bits per heavy atom. The molecule has 5 nitrogen and oxygen atoms in total. The van der Waals surface area contributed by atoms with Gasteiger partial charge in [-0.2, -0.15) is 5.26 Å². The van der Waals surface area contributed by atoms with Crippen LogP contribution in [0.5, 0.6) is 0 Å². The molecule has 0 fully saturated rings. The quantitative estimate of drug-likeness (QED) is 0.898. The highest BCUT2D eigenvalue weighted by Gasteiger charge is 2.11. The topological polar surface area (TPSA) is 73.6 Å². The largest absolute Gasteiger partial charge is 0.370 e. The van der Waals surface area contributed by atoms with Gasteiger partial charge in [0, 0.05) is 17.1 Å². The number of nitrogens with one attached hydrogen (secondary N) is 2. The van der Waals surface area contributed by atoms with E-state index in [4.69, 9.17) is 11.6 Å². The number of nitrogens with zero attached hydrogens (tertiary/aromatic N) is 3. The van der Waals surface area contributed by atoms with E-state index in [2.05, 4.69) is 26.7 Å². The second-order valence-electron chi connectivity index (χ2n) is 4.55. The van der Waals surface area contributed by atoms with Crippen LogP contribution < -0.4 is 10.6 Å². The first-order chi connectivity index (χ1) is 10.0. The molecule has 21 heavy (non-hydrogen) atoms. The summed E-state index contributed by atoms with van der Waals surface area (Å²) in [6.07, 6.45) is 0. The Morgan fingerprint density at radius 1 is 1.24 bits per heavy atom. The van der Waals surface area contributed by atoms with Crippen LogP contribution in [0.1, 0.15) is 23.9 Å². The Labute approximate surface area is 129 Å². The van der Waals surface area contributed by atoms with Crippen molar-refractivity contribution in [1.29, 1.82) is 5.26 Å². The van der Waals surface area contributed by atoms with Crippen LogP contribution in [0.25, 0.3) is 0 Å². The van der Waals surface area contributed by atoms with Gasteiger partial charge in [-0.15, -0.1) is 0 Å². The Bertz CT molecular complexity index is 706. The molecule has 0 atom stereocenters. The fourth-order valence-corrected chi connectivity index (χ4v) is 2.11. The van der Waals surface area contributed by atoms with Crippen molar-refractivity contribution in [3.63, 3.8) is 0 Å². The third kappa shape index (κ3) is 3.41. The van der Waals surface area contributed by atoms with E-state index < -0.39 is 0 Å². The Hall–Kier alpha value is -2.32. The van der Waals surface area contributed by atoms with Gasteiger partial charge in [-0.3, -0.25) is 0 Å². The maximum Gasteiger partial charge on any atom is 0.139 e. The first kappa shape index (κ1) is 15.1. The van der Waals surface area contributed by atoms with Crippen molar-refractivity contribution in [2.24, 2.45) is 0 Å². The summed E-state index contributed by atoms with van der Waals surface area (Å²) < 4.78 is 0. The lowest BCUT2D eigenvalue weighted by molar-refractivity contribution is 1.02. The normalized spacial score (nSPS) is 10.0. The van der Waals surface area contributed by atoms with Gasteiger partial charge in [0.2, 0.25) is 0 Å². The zero-order chi connectivity index (χ0) is 15.4. The van der Waals surface area contributed by atoms with Crippen molar-refractivity contribution in [2.45, 2.75) is 20.8 Å². The fourth-order valence-electron chi connectivity index (χ4n) is 1.93. The second-order valence-corrected chi connectivity index (χ2v) is 4.99. The molecule has 0 radical (unpaired) electrons. The van der Waals surface area contributed by atoms with E-state index in [1.807, 2.05) is 20.8 Å². The number of rotatable bonds is 4. The number of halogens is 1. The molecule has 0 bridgehead atoms. The number of benzene rings is 1. The van der Waals surface area contributed by atoms with E-state index in [0.717, 1.165) is 17.9 Å². The average Bonchev–Trinajstić information content (AvgIpc) is 2.44. The van der Waals surface area contributed by atoms with Gasteiger partial charge in [0.25, 0.3) is 0 Å². The van der Waals surface area contributed by atoms with E-state index in [-0.39, 0.29) is 0 Å². The van der Waals surface area contributed by atoms with Crippen LogP contribution in [-0.4, -0.2) is 16.5 Å². The highest BCUT2D eigenvalue weighted by molar-refractivity contribution is 6.30. The molecule has 6 heteroatoms. The van der Waals surface area contributed by atoms with Crippen molar-refractivity contribution in [1.82, 2.24) is 9.97 Å². The molecule has 0 aliphatic carbocycles. The Kier molecular flexibility index (Phi) is 4.61. The SMILES string of the molecule is CCNc1nc(C)nc(Nc2cc(Cl)ccc2C#N)c1C. The van der Waals surface area contributed by atoms with Crippen molar-refractivity contribution in [3.05, 3.63) is 40.2 Å². The predicted octanol–water partition coefficient (Wildman–Crippen LogP) is 3.79. The number of aromatic nitrogens is 2. The fraction of sp³-hybridized carbons (Fsp3) is 0.267. The first-order valence-corrected chi connectivity index (χ1v) is 6.98. The lowest BCUT2D eigenvalue weighted by Gasteiger charge is -2.14. The Balaban J connectivity index is 2.45. The standard InChI is InChI=1S/C15H16ClN5/c1-4-18-14-9(2)15(20-10(3)19-14)21-13-7-12(16)6-5-11(13)8-17/h5-7H,4H2,1-3H3,(H2,18,19,20,21). The van der Waals surface area contributed by atoms with Crippen molar-refractivity contribution >= 4 is 28.9 Å². The number of aryl methyl sites for hydroxylation is 1. The molecule has 0 aliphatic heterocycles. The van der Waals surface area contributed by atoms with Crippen molar-refractivity contribution in [2.75, 3.05) is 17.2 Å². The van der Waals surface area contributed by atoms with Gasteiger partial charge < -0.3 is 10.6 Å². The molecule has 108 valence electrons. The van der Waals surface area contributed by atoms with Crippen LogP contribution in [0.3, 0.4) is 0 Å². The van der Waals surface area contributed by atoms with Crippen LogP contribution in [-0.2, 0) is 0 Å². The highest BCUT2D eigenvalue weighted by atomic mass is 35.5. The van der Waals surface area contributed by atoms with Crippen LogP contribution in [0, 0.1) is 25.2 Å². The van der Waals surface area contributed by atoms with Crippen LogP contribution in [0.15, 0.2) is 18.2 Å². The van der Waals surface area contributed by atoms with Crippen molar-refractivity contribution < 1.29 is 0 Å². The van der Waals surface area contributed by atoms with E-state index in [9.17, 15) is 5.26 Å². The lowest BCUT2D eigenvalue weighted by atomic mass is 10.2. The van der Waals surface area contributed by atoms with Gasteiger partial charge in [0.05, 0.1) is 11.3 Å². The average molecular weight is 302 g/mol. The number of nitriles is 1. The molecule has 1 aromatic carbocycles. The zero-order valence-corrected chi connectivity index (χ0v) is 12.9. The number of hydrogen-bond acceptors (Lipinski definition) is 5. The molecular formula is C15H16ClN5. The molecule has 0 saturated heterocycles. The maximum atomic E-state index is 9.17. The molecule has 0 amide bonds. The summed E-state index contributed by atoms with van der Waals surface area (Å²) in [5.74, 6) is 2.10. The number of hydrogen-bond donors (Lipinski definition) is 2. The van der Waals surface area contributed by atoms with Gasteiger partial charge in [-0.1, -0.05) is 11.6 Å². The second kappa shape index (κ2) is 6.42. The third-order valence-corrected chi connectivity index (χ3v) is 3.19. The summed E-state index contributed by atoms with van der Waals surface area (Å²) in [6, 6.07) is 7.22. The van der Waals surface area contributed by atoms with E-state index in [0.29, 0.717) is 27.9 Å². The number of anilines is 3. The third-order valence-electron chi connectivity index (χ3n) is 2.96. The van der Waals surface area contributed by atoms with Gasteiger partial charge >= 0.3 is 0 Å². The van der Waals surface area contributed by atoms with E-state index >= 15 is 0 Å². The minimum absolute atomic E-state index is 0.514. The lowest BCUT2D eigenvalue weighted by Crippen LogP contribution is -2.08. The van der Waals surface area contributed by atoms with Gasteiger partial charge in [0.1, 0.15) is 23.5 Å². The van der Waals surface area contributed by atoms with Gasteiger partial charge in [-0.25, -0.2) is 9.97 Å². The smallest absolute Gasteiger partial charge is 0.139 e. The highest BCUT2D eigenvalue weighted by Crippen LogP contribution is 2.27. The molecule has 0 spiro atoms. The van der Waals surface area contributed by atoms with Crippen LogP contribution in [0.4, 0.5) is 17.3 Å². The molecule has 2 aromatic rings. The van der Waals surface area contributed by atoms with Crippen LogP contribution in [0.2, 0.25) is 5.02 Å². The molecule has 2 rings (SSSR count). The maximum absolute atomic E-state index is 9.17. The van der Waals surface area contributed by atoms with Gasteiger partial charge in [0.15, 0.2) is 0 Å². The monoisotopic (exact) mass is 301 g/mol. The molecule has 1 aromatic heterocycles. The zero-order valence-electron chi connectivity index (χ0n) is 12.2. The summed E-state index contributed by atoms with van der Waals surface area (Å²) in [7, 11) is 0. The minimum Gasteiger partial charge on any atom is -0.370 e. The van der Waals surface area contributed by atoms with Gasteiger partial charge in [-0.05, 0) is 39.0 Å². The van der Waals surface area contributed by atoms with Crippen molar-refractivity contribution in [3.8, 4) is 6.07 Å². The summed E-state index contributed by atoms with van der Waals surface area (Å²) in [5.41, 5.74) is 2.04. The molecule has 0 unspecified atom stereocenters. The molecular weight excluding hydrogens is 286 g/mol. The molecule has 0 aliphatic rings. The Morgan fingerprint density at radius 3 is 2.62 bits per heavy atom. The van der Waals surface area contributed by atoms with Crippen LogP contribution >= 0.6 is 11.6 Å². The summed E-state index contributed by atoms with van der Waals surface area (Å²) >= 11 is 6.00. The summed E-state index contributed by atoms with van der Waals surface area (Å²) in [4.78, 5) is 8.77.